The predicted octanol–water partition coefficient (Wildman–Crippen LogP) is 4.27. The first-order valence-corrected chi connectivity index (χ1v) is 12.0. The van der Waals surface area contributed by atoms with Gasteiger partial charge in [-0.1, -0.05) is 42.8 Å². The molecule has 2 aromatic carbocycles. The smallest absolute Gasteiger partial charge is 0.254 e. The van der Waals surface area contributed by atoms with E-state index in [4.69, 9.17) is 4.74 Å². The number of hydrogen-bond acceptors (Lipinski definition) is 4. The van der Waals surface area contributed by atoms with Crippen LogP contribution in [0.25, 0.3) is 0 Å². The van der Waals surface area contributed by atoms with Gasteiger partial charge in [0.05, 0.1) is 6.54 Å². The van der Waals surface area contributed by atoms with E-state index in [1.807, 2.05) is 48.2 Å². The summed E-state index contributed by atoms with van der Waals surface area (Å²) in [5.41, 5.74) is 2.99. The van der Waals surface area contributed by atoms with Gasteiger partial charge in [0.2, 0.25) is 0 Å². The number of piperidine rings is 1. The van der Waals surface area contributed by atoms with Crippen LogP contribution >= 0.6 is 0 Å². The molecule has 3 aliphatic heterocycles. The van der Waals surface area contributed by atoms with Crippen molar-refractivity contribution in [3.63, 3.8) is 0 Å². The number of aliphatic hydroxyl groups is 1. The fourth-order valence-corrected chi connectivity index (χ4v) is 5.06. The van der Waals surface area contributed by atoms with E-state index in [1.165, 1.54) is 5.56 Å². The van der Waals surface area contributed by atoms with Crippen LogP contribution in [-0.2, 0) is 6.54 Å². The van der Waals surface area contributed by atoms with Crippen LogP contribution in [0.2, 0.25) is 0 Å². The molecule has 0 saturated carbocycles. The standard InChI is InChI=1S/C27H36N2O3/c1-22-8-2-4-10-24(22)26(31)29-15-7-6-12-27(21-30)13-16-28(17-14-27)20-23-9-3-5-11-25(23)32-19-18-29/h2-5,8-11,30H,6-7,12-21H2,1H3. The predicted molar refractivity (Wildman–Crippen MR) is 127 cm³/mol. The average molecular weight is 437 g/mol. The number of amides is 1. The molecule has 5 heteroatoms. The van der Waals surface area contributed by atoms with Gasteiger partial charge in [0.25, 0.3) is 5.91 Å². The summed E-state index contributed by atoms with van der Waals surface area (Å²) in [5, 5.41) is 10.2. The van der Waals surface area contributed by atoms with E-state index < -0.39 is 0 Å². The summed E-state index contributed by atoms with van der Waals surface area (Å²) in [5.74, 6) is 0.984. The molecule has 0 atom stereocenters. The van der Waals surface area contributed by atoms with E-state index in [9.17, 15) is 9.90 Å². The molecule has 2 aromatic rings. The van der Waals surface area contributed by atoms with Gasteiger partial charge in [-0.3, -0.25) is 9.69 Å². The molecule has 1 amide bonds. The van der Waals surface area contributed by atoms with Gasteiger partial charge in [0.15, 0.2) is 0 Å². The Bertz CT molecular complexity index is 905. The van der Waals surface area contributed by atoms with Crippen molar-refractivity contribution in [2.45, 2.75) is 45.6 Å². The quantitative estimate of drug-likeness (QED) is 0.764. The first-order valence-electron chi connectivity index (χ1n) is 12.0. The number of fused-ring (bicyclic) bond motifs is 9. The second-order valence-corrected chi connectivity index (χ2v) is 9.45. The van der Waals surface area contributed by atoms with Gasteiger partial charge in [-0.2, -0.15) is 0 Å². The molecule has 1 fully saturated rings. The molecule has 3 aliphatic rings. The minimum absolute atomic E-state index is 0.0254. The van der Waals surface area contributed by atoms with Gasteiger partial charge >= 0.3 is 0 Å². The number of benzene rings is 2. The Morgan fingerprint density at radius 1 is 0.969 bits per heavy atom. The minimum Gasteiger partial charge on any atom is -0.491 e. The zero-order chi connectivity index (χ0) is 22.4. The maximum atomic E-state index is 13.3. The molecule has 3 heterocycles. The molecule has 1 saturated heterocycles. The lowest BCUT2D eigenvalue weighted by molar-refractivity contribution is 0.0319. The molecule has 0 aliphatic carbocycles. The van der Waals surface area contributed by atoms with Gasteiger partial charge in [-0.05, 0) is 68.8 Å². The second-order valence-electron chi connectivity index (χ2n) is 9.45. The van der Waals surface area contributed by atoms with Crippen LogP contribution in [0, 0.1) is 12.3 Å². The first-order chi connectivity index (χ1) is 15.6. The van der Waals surface area contributed by atoms with Gasteiger partial charge in [0.1, 0.15) is 12.4 Å². The van der Waals surface area contributed by atoms with E-state index in [1.54, 1.807) is 0 Å². The third-order valence-corrected chi connectivity index (χ3v) is 7.29. The largest absolute Gasteiger partial charge is 0.491 e. The van der Waals surface area contributed by atoms with E-state index in [-0.39, 0.29) is 17.9 Å². The molecule has 172 valence electrons. The van der Waals surface area contributed by atoms with Crippen molar-refractivity contribution < 1.29 is 14.6 Å². The van der Waals surface area contributed by atoms with Crippen LogP contribution in [-0.4, -0.2) is 60.2 Å². The van der Waals surface area contributed by atoms with E-state index in [2.05, 4.69) is 17.0 Å². The number of nitrogens with zero attached hydrogens (tertiary/aromatic N) is 2. The molecule has 5 rings (SSSR count). The van der Waals surface area contributed by atoms with Crippen molar-refractivity contribution >= 4 is 5.91 Å². The lowest BCUT2D eigenvalue weighted by Crippen LogP contribution is -2.41. The fraction of sp³-hybridized carbons (Fsp3) is 0.519. The van der Waals surface area contributed by atoms with E-state index in [0.29, 0.717) is 19.7 Å². The molecule has 5 nitrogen and oxygen atoms in total. The Kier molecular flexibility index (Phi) is 7.48. The van der Waals surface area contributed by atoms with Crippen LogP contribution in [0.15, 0.2) is 48.5 Å². The molecule has 32 heavy (non-hydrogen) atoms. The summed E-state index contributed by atoms with van der Waals surface area (Å²) >= 11 is 0. The van der Waals surface area contributed by atoms with Crippen molar-refractivity contribution in [1.82, 2.24) is 9.80 Å². The Morgan fingerprint density at radius 3 is 2.50 bits per heavy atom. The Labute approximate surface area is 192 Å². The third-order valence-electron chi connectivity index (χ3n) is 7.29. The summed E-state index contributed by atoms with van der Waals surface area (Å²) in [6.07, 6.45) is 5.05. The number of para-hydroxylation sites is 1. The molecule has 1 N–H and O–H groups in total. The Morgan fingerprint density at radius 2 is 1.72 bits per heavy atom. The van der Waals surface area contributed by atoms with Gasteiger partial charge in [0, 0.05) is 30.8 Å². The molecule has 0 spiro atoms. The topological polar surface area (TPSA) is 53.0 Å². The zero-order valence-corrected chi connectivity index (χ0v) is 19.3. The number of carbonyl (C=O) groups is 1. The van der Waals surface area contributed by atoms with Crippen molar-refractivity contribution in [3.8, 4) is 5.75 Å². The second kappa shape index (κ2) is 10.5. The van der Waals surface area contributed by atoms with E-state index >= 15 is 0 Å². The SMILES string of the molecule is Cc1ccccc1C(=O)N1CCCCC2(CO)CCN(CC2)Cc2ccccc2OCC1. The summed E-state index contributed by atoms with van der Waals surface area (Å²) in [6.45, 7) is 6.89. The number of carbonyl (C=O) groups excluding carboxylic acids is 1. The van der Waals surface area contributed by atoms with Crippen molar-refractivity contribution in [2.24, 2.45) is 5.41 Å². The first kappa shape index (κ1) is 22.8. The summed E-state index contributed by atoms with van der Waals surface area (Å²) in [4.78, 5) is 17.7. The number of hydrogen-bond donors (Lipinski definition) is 1. The minimum atomic E-state index is 0.0254. The molecule has 2 bridgehead atoms. The average Bonchev–Trinajstić information content (AvgIpc) is 2.83. The highest BCUT2D eigenvalue weighted by Crippen LogP contribution is 2.37. The molecule has 0 unspecified atom stereocenters. The Balaban J connectivity index is 1.54. The number of ether oxygens (including phenoxy) is 1. The van der Waals surface area contributed by atoms with Crippen LogP contribution < -0.4 is 4.74 Å². The molecule has 0 radical (unpaired) electrons. The van der Waals surface area contributed by atoms with Crippen LogP contribution in [0.4, 0.5) is 0 Å². The number of aliphatic hydroxyl groups excluding tert-OH is 1. The van der Waals surface area contributed by atoms with Crippen LogP contribution in [0.1, 0.15) is 53.6 Å². The maximum absolute atomic E-state index is 13.3. The lowest BCUT2D eigenvalue weighted by Gasteiger charge is -2.41. The normalized spacial score (nSPS) is 24.7. The van der Waals surface area contributed by atoms with Crippen molar-refractivity contribution in [1.29, 1.82) is 0 Å². The number of aryl methyl sites for hydroxylation is 1. The van der Waals surface area contributed by atoms with Crippen molar-refractivity contribution in [3.05, 3.63) is 65.2 Å². The highest BCUT2D eigenvalue weighted by Gasteiger charge is 2.34. The number of rotatable bonds is 2. The maximum Gasteiger partial charge on any atom is 0.254 e. The van der Waals surface area contributed by atoms with Crippen LogP contribution in [0.3, 0.4) is 0 Å². The van der Waals surface area contributed by atoms with Gasteiger partial charge < -0.3 is 14.7 Å². The van der Waals surface area contributed by atoms with Gasteiger partial charge in [-0.25, -0.2) is 0 Å². The highest BCUT2D eigenvalue weighted by atomic mass is 16.5. The summed E-state index contributed by atoms with van der Waals surface area (Å²) in [6, 6.07) is 16.0. The monoisotopic (exact) mass is 436 g/mol. The Hall–Kier alpha value is -2.37. The third kappa shape index (κ3) is 5.33. The summed E-state index contributed by atoms with van der Waals surface area (Å²) < 4.78 is 6.20. The van der Waals surface area contributed by atoms with Crippen LogP contribution in [0.5, 0.6) is 5.75 Å². The van der Waals surface area contributed by atoms with E-state index in [0.717, 1.165) is 68.6 Å². The van der Waals surface area contributed by atoms with Gasteiger partial charge in [-0.15, -0.1) is 0 Å². The van der Waals surface area contributed by atoms with Crippen molar-refractivity contribution in [2.75, 3.05) is 39.4 Å². The molecular formula is C27H36N2O3. The lowest BCUT2D eigenvalue weighted by atomic mass is 9.75. The highest BCUT2D eigenvalue weighted by molar-refractivity contribution is 5.95. The summed E-state index contributed by atoms with van der Waals surface area (Å²) in [7, 11) is 0. The zero-order valence-electron chi connectivity index (χ0n) is 19.3. The fourth-order valence-electron chi connectivity index (χ4n) is 5.06. The molecule has 0 aromatic heterocycles. The molecular weight excluding hydrogens is 400 g/mol.